The standard InChI is InChI=1S/C14H17NO4S/c1-19-14(16)11-7-9-13(10-8-11)20(17,18)15-12-5-3-2-4-6-12/h2-3,7-10,12,15H,4-6H2,1H3/t12-/m0/s1. The molecule has 0 saturated carbocycles. The second-order valence-electron chi connectivity index (χ2n) is 4.62. The quantitative estimate of drug-likeness (QED) is 0.680. The third-order valence-electron chi connectivity index (χ3n) is 3.18. The Kier molecular flexibility index (Phi) is 4.57. The molecule has 0 aromatic heterocycles. The van der Waals surface area contributed by atoms with Gasteiger partial charge in [-0.2, -0.15) is 0 Å². The minimum absolute atomic E-state index is 0.0646. The maximum atomic E-state index is 12.2. The summed E-state index contributed by atoms with van der Waals surface area (Å²) in [6.07, 6.45) is 6.43. The highest BCUT2D eigenvalue weighted by molar-refractivity contribution is 7.89. The SMILES string of the molecule is COC(=O)c1ccc(S(=O)(=O)N[C@H]2CC=CCC2)cc1. The van der Waals surface area contributed by atoms with E-state index in [9.17, 15) is 13.2 Å². The molecule has 0 radical (unpaired) electrons. The fourth-order valence-electron chi connectivity index (χ4n) is 2.08. The van der Waals surface area contributed by atoms with E-state index in [1.54, 1.807) is 0 Å². The third kappa shape index (κ3) is 3.46. The molecule has 0 heterocycles. The maximum Gasteiger partial charge on any atom is 0.337 e. The summed E-state index contributed by atoms with van der Waals surface area (Å²) in [5.41, 5.74) is 0.326. The Morgan fingerprint density at radius 2 is 1.95 bits per heavy atom. The highest BCUT2D eigenvalue weighted by Gasteiger charge is 2.20. The smallest absolute Gasteiger partial charge is 0.337 e. The van der Waals surface area contributed by atoms with Gasteiger partial charge in [-0.25, -0.2) is 17.9 Å². The van der Waals surface area contributed by atoms with Crippen LogP contribution < -0.4 is 4.72 Å². The van der Waals surface area contributed by atoms with Crippen LogP contribution in [0.1, 0.15) is 29.6 Å². The van der Waals surface area contributed by atoms with Gasteiger partial charge in [-0.1, -0.05) is 12.2 Å². The Bertz CT molecular complexity index is 605. The molecule has 0 fully saturated rings. The van der Waals surface area contributed by atoms with Gasteiger partial charge in [0.05, 0.1) is 17.6 Å². The van der Waals surface area contributed by atoms with Crippen LogP contribution >= 0.6 is 0 Å². The fourth-order valence-corrected chi connectivity index (χ4v) is 3.36. The lowest BCUT2D eigenvalue weighted by molar-refractivity contribution is 0.0600. The summed E-state index contributed by atoms with van der Waals surface area (Å²) in [4.78, 5) is 11.4. The Morgan fingerprint density at radius 1 is 1.25 bits per heavy atom. The van der Waals surface area contributed by atoms with Gasteiger partial charge in [0.15, 0.2) is 0 Å². The van der Waals surface area contributed by atoms with Crippen molar-refractivity contribution in [1.82, 2.24) is 4.72 Å². The van der Waals surface area contributed by atoms with Crippen LogP contribution in [0, 0.1) is 0 Å². The number of benzene rings is 1. The highest BCUT2D eigenvalue weighted by atomic mass is 32.2. The first kappa shape index (κ1) is 14.7. The molecule has 0 unspecified atom stereocenters. The number of ether oxygens (including phenoxy) is 1. The number of esters is 1. The summed E-state index contributed by atoms with van der Waals surface area (Å²) < 4.78 is 31.7. The van der Waals surface area contributed by atoms with Gasteiger partial charge in [-0.15, -0.1) is 0 Å². The van der Waals surface area contributed by atoms with Crippen LogP contribution in [0.5, 0.6) is 0 Å². The minimum Gasteiger partial charge on any atom is -0.465 e. The number of carbonyl (C=O) groups excluding carboxylic acids is 1. The molecular weight excluding hydrogens is 278 g/mol. The van der Waals surface area contributed by atoms with Gasteiger partial charge in [0.25, 0.3) is 0 Å². The zero-order chi connectivity index (χ0) is 14.6. The molecule has 1 aromatic rings. The first-order valence-corrected chi connectivity index (χ1v) is 7.87. The lowest BCUT2D eigenvalue weighted by atomic mass is 10.0. The Labute approximate surface area is 118 Å². The Morgan fingerprint density at radius 3 is 2.50 bits per heavy atom. The summed E-state index contributed by atoms with van der Waals surface area (Å²) in [6, 6.07) is 5.65. The van der Waals surface area contributed by atoms with E-state index in [2.05, 4.69) is 15.5 Å². The number of hydrogen-bond donors (Lipinski definition) is 1. The molecule has 1 N–H and O–H groups in total. The van der Waals surface area contributed by atoms with Crippen LogP contribution in [0.2, 0.25) is 0 Å². The van der Waals surface area contributed by atoms with Gasteiger partial charge >= 0.3 is 5.97 Å². The number of sulfonamides is 1. The van der Waals surface area contributed by atoms with Crippen LogP contribution in [-0.4, -0.2) is 27.5 Å². The average molecular weight is 295 g/mol. The second kappa shape index (κ2) is 6.19. The molecule has 6 heteroatoms. The van der Waals surface area contributed by atoms with E-state index in [0.717, 1.165) is 12.8 Å². The third-order valence-corrected chi connectivity index (χ3v) is 4.71. The van der Waals surface area contributed by atoms with Gasteiger partial charge in [0, 0.05) is 6.04 Å². The molecule has 2 rings (SSSR count). The first-order chi connectivity index (χ1) is 9.53. The van der Waals surface area contributed by atoms with Crippen LogP contribution in [0.4, 0.5) is 0 Å². The summed E-state index contributed by atoms with van der Waals surface area (Å²) in [7, 11) is -2.26. The van der Waals surface area contributed by atoms with Crippen molar-refractivity contribution in [2.24, 2.45) is 0 Å². The van der Waals surface area contributed by atoms with Crippen LogP contribution in [0.25, 0.3) is 0 Å². The van der Waals surface area contributed by atoms with E-state index in [1.165, 1.54) is 31.4 Å². The highest BCUT2D eigenvalue weighted by Crippen LogP contribution is 2.16. The molecular formula is C14H17NO4S. The van der Waals surface area contributed by atoms with Crippen molar-refractivity contribution in [2.45, 2.75) is 30.2 Å². The van der Waals surface area contributed by atoms with E-state index in [4.69, 9.17) is 0 Å². The van der Waals surface area contributed by atoms with Gasteiger partial charge < -0.3 is 4.74 Å². The number of allylic oxidation sites excluding steroid dienone is 1. The number of carbonyl (C=O) groups is 1. The second-order valence-corrected chi connectivity index (χ2v) is 6.33. The molecule has 0 spiro atoms. The lowest BCUT2D eigenvalue weighted by Gasteiger charge is -2.19. The lowest BCUT2D eigenvalue weighted by Crippen LogP contribution is -2.35. The van der Waals surface area contributed by atoms with Crippen molar-refractivity contribution >= 4 is 16.0 Å². The zero-order valence-electron chi connectivity index (χ0n) is 11.2. The van der Waals surface area contributed by atoms with Crippen molar-refractivity contribution in [3.63, 3.8) is 0 Å². The topological polar surface area (TPSA) is 72.5 Å². The summed E-state index contributed by atoms with van der Waals surface area (Å²) >= 11 is 0. The van der Waals surface area contributed by atoms with Gasteiger partial charge in [-0.3, -0.25) is 0 Å². The summed E-state index contributed by atoms with van der Waals surface area (Å²) in [5, 5.41) is 0. The molecule has 20 heavy (non-hydrogen) atoms. The van der Waals surface area contributed by atoms with Crippen LogP contribution in [-0.2, 0) is 14.8 Å². The number of methoxy groups -OCH3 is 1. The van der Waals surface area contributed by atoms with Gasteiger partial charge in [0.2, 0.25) is 10.0 Å². The molecule has 0 amide bonds. The monoisotopic (exact) mass is 295 g/mol. The molecule has 1 aromatic carbocycles. The number of rotatable bonds is 4. The molecule has 1 aliphatic rings. The van der Waals surface area contributed by atoms with Crippen molar-refractivity contribution in [3.05, 3.63) is 42.0 Å². The Balaban J connectivity index is 2.13. The van der Waals surface area contributed by atoms with Gasteiger partial charge in [-0.05, 0) is 43.5 Å². The van der Waals surface area contributed by atoms with Crippen molar-refractivity contribution in [1.29, 1.82) is 0 Å². The van der Waals surface area contributed by atoms with Gasteiger partial charge in [0.1, 0.15) is 0 Å². The van der Waals surface area contributed by atoms with E-state index in [1.807, 2.05) is 6.08 Å². The molecule has 1 atom stereocenters. The average Bonchev–Trinajstić information content (AvgIpc) is 2.47. The predicted octanol–water partition coefficient (Wildman–Crippen LogP) is 1.86. The van der Waals surface area contributed by atoms with Crippen molar-refractivity contribution < 1.29 is 17.9 Å². The first-order valence-electron chi connectivity index (χ1n) is 6.38. The molecule has 1 aliphatic carbocycles. The van der Waals surface area contributed by atoms with E-state index >= 15 is 0 Å². The van der Waals surface area contributed by atoms with E-state index < -0.39 is 16.0 Å². The molecule has 0 bridgehead atoms. The molecule has 5 nitrogen and oxygen atoms in total. The summed E-state index contributed by atoms with van der Waals surface area (Å²) in [5.74, 6) is -0.487. The predicted molar refractivity (Wildman–Crippen MR) is 74.9 cm³/mol. The van der Waals surface area contributed by atoms with E-state index in [-0.39, 0.29) is 10.9 Å². The summed E-state index contributed by atoms with van der Waals surface area (Å²) in [6.45, 7) is 0. The molecule has 0 saturated heterocycles. The largest absolute Gasteiger partial charge is 0.465 e. The molecule has 108 valence electrons. The fraction of sp³-hybridized carbons (Fsp3) is 0.357. The zero-order valence-corrected chi connectivity index (χ0v) is 12.0. The van der Waals surface area contributed by atoms with Crippen molar-refractivity contribution in [2.75, 3.05) is 7.11 Å². The molecule has 0 aliphatic heterocycles. The minimum atomic E-state index is -3.55. The van der Waals surface area contributed by atoms with E-state index in [0.29, 0.717) is 12.0 Å². The van der Waals surface area contributed by atoms with Crippen molar-refractivity contribution in [3.8, 4) is 0 Å². The Hall–Kier alpha value is -1.66. The normalized spacial score (nSPS) is 18.8. The van der Waals surface area contributed by atoms with Crippen LogP contribution in [0.15, 0.2) is 41.3 Å². The number of nitrogens with one attached hydrogen (secondary N) is 1. The van der Waals surface area contributed by atoms with Crippen LogP contribution in [0.3, 0.4) is 0 Å². The number of hydrogen-bond acceptors (Lipinski definition) is 4. The maximum absolute atomic E-state index is 12.2.